The minimum atomic E-state index is 0.322. The Morgan fingerprint density at radius 3 is 2.90 bits per heavy atom. The second-order valence-electron chi connectivity index (χ2n) is 4.00. The van der Waals surface area contributed by atoms with Crippen molar-refractivity contribution >= 4 is 23.4 Å². The van der Waals surface area contributed by atoms with Crippen molar-refractivity contribution in [3.05, 3.63) is 41.9 Å². The van der Waals surface area contributed by atoms with E-state index < -0.39 is 0 Å². The van der Waals surface area contributed by atoms with Crippen molar-refractivity contribution in [3.63, 3.8) is 0 Å². The average Bonchev–Trinajstić information content (AvgIpc) is 2.85. The van der Waals surface area contributed by atoms with Gasteiger partial charge in [-0.05, 0) is 12.1 Å². The lowest BCUT2D eigenvalue weighted by Crippen LogP contribution is -2.02. The van der Waals surface area contributed by atoms with Crippen LogP contribution in [-0.2, 0) is 7.05 Å². The predicted octanol–water partition coefficient (Wildman–Crippen LogP) is 2.06. The standard InChI is InChI=1S/C12H10ClN7/c1-20-11(3-5-16-20)18-12-14-4-2-9(17-12)8-6-10(13)19-15-7-8/h2-7H,1H3,(H,14,17,18). The fourth-order valence-electron chi connectivity index (χ4n) is 1.67. The van der Waals surface area contributed by atoms with Crippen molar-refractivity contribution in [1.29, 1.82) is 0 Å². The van der Waals surface area contributed by atoms with Gasteiger partial charge in [0.25, 0.3) is 0 Å². The average molecular weight is 288 g/mol. The largest absolute Gasteiger partial charge is 0.309 e. The quantitative estimate of drug-likeness (QED) is 0.794. The smallest absolute Gasteiger partial charge is 0.228 e. The fraction of sp³-hybridized carbons (Fsp3) is 0.0833. The molecular weight excluding hydrogens is 278 g/mol. The molecule has 20 heavy (non-hydrogen) atoms. The summed E-state index contributed by atoms with van der Waals surface area (Å²) < 4.78 is 1.70. The number of rotatable bonds is 3. The molecule has 0 aliphatic carbocycles. The maximum Gasteiger partial charge on any atom is 0.228 e. The van der Waals surface area contributed by atoms with Gasteiger partial charge in [0.15, 0.2) is 5.15 Å². The van der Waals surface area contributed by atoms with Crippen molar-refractivity contribution in [3.8, 4) is 11.3 Å². The lowest BCUT2D eigenvalue weighted by molar-refractivity contribution is 0.775. The first-order chi connectivity index (χ1) is 9.72. The van der Waals surface area contributed by atoms with Crippen LogP contribution in [0.1, 0.15) is 0 Å². The van der Waals surface area contributed by atoms with Gasteiger partial charge >= 0.3 is 0 Å². The van der Waals surface area contributed by atoms with E-state index in [4.69, 9.17) is 11.6 Å². The molecular formula is C12H10ClN7. The molecule has 0 atom stereocenters. The summed E-state index contributed by atoms with van der Waals surface area (Å²) in [5, 5.41) is 15.0. The van der Waals surface area contributed by atoms with Crippen LogP contribution in [0, 0.1) is 0 Å². The van der Waals surface area contributed by atoms with Crippen LogP contribution in [0.3, 0.4) is 0 Å². The fourth-order valence-corrected chi connectivity index (χ4v) is 1.83. The Hall–Kier alpha value is -2.54. The molecule has 3 heterocycles. The van der Waals surface area contributed by atoms with E-state index in [0.29, 0.717) is 16.8 Å². The van der Waals surface area contributed by atoms with Crippen molar-refractivity contribution < 1.29 is 0 Å². The van der Waals surface area contributed by atoms with Crippen molar-refractivity contribution in [2.45, 2.75) is 0 Å². The van der Waals surface area contributed by atoms with Crippen LogP contribution in [0.4, 0.5) is 11.8 Å². The number of aromatic nitrogens is 6. The second-order valence-corrected chi connectivity index (χ2v) is 4.38. The summed E-state index contributed by atoms with van der Waals surface area (Å²) in [4.78, 5) is 8.58. The Balaban J connectivity index is 1.92. The van der Waals surface area contributed by atoms with Crippen LogP contribution in [0.25, 0.3) is 11.3 Å². The molecule has 3 rings (SSSR count). The van der Waals surface area contributed by atoms with Crippen molar-refractivity contribution in [2.24, 2.45) is 7.05 Å². The first kappa shape index (κ1) is 12.5. The summed E-state index contributed by atoms with van der Waals surface area (Å²) in [6.45, 7) is 0. The molecule has 100 valence electrons. The number of nitrogens with zero attached hydrogens (tertiary/aromatic N) is 6. The van der Waals surface area contributed by atoms with Crippen LogP contribution in [0.5, 0.6) is 0 Å². The minimum absolute atomic E-state index is 0.322. The summed E-state index contributed by atoms with van der Waals surface area (Å²) >= 11 is 5.83. The highest BCUT2D eigenvalue weighted by atomic mass is 35.5. The second kappa shape index (κ2) is 5.22. The number of hydrogen-bond donors (Lipinski definition) is 1. The normalized spacial score (nSPS) is 10.5. The SMILES string of the molecule is Cn1nccc1Nc1nccc(-c2cnnc(Cl)c2)n1. The van der Waals surface area contributed by atoms with Crippen LogP contribution in [0.15, 0.2) is 36.8 Å². The maximum absolute atomic E-state index is 5.83. The zero-order valence-electron chi connectivity index (χ0n) is 10.5. The number of hydrogen-bond acceptors (Lipinski definition) is 6. The Morgan fingerprint density at radius 2 is 2.15 bits per heavy atom. The zero-order valence-corrected chi connectivity index (χ0v) is 11.3. The van der Waals surface area contributed by atoms with Crippen LogP contribution < -0.4 is 5.32 Å². The first-order valence-electron chi connectivity index (χ1n) is 5.79. The third kappa shape index (κ3) is 2.57. The van der Waals surface area contributed by atoms with Crippen molar-refractivity contribution in [1.82, 2.24) is 29.9 Å². The first-order valence-corrected chi connectivity index (χ1v) is 6.17. The van der Waals surface area contributed by atoms with Gasteiger partial charge in [-0.2, -0.15) is 10.2 Å². The van der Waals surface area contributed by atoms with Gasteiger partial charge in [0.2, 0.25) is 5.95 Å². The molecule has 8 heteroatoms. The lowest BCUT2D eigenvalue weighted by atomic mass is 10.2. The van der Waals surface area contributed by atoms with Gasteiger partial charge in [-0.1, -0.05) is 11.6 Å². The van der Waals surface area contributed by atoms with Crippen LogP contribution >= 0.6 is 11.6 Å². The van der Waals surface area contributed by atoms with Gasteiger partial charge < -0.3 is 5.32 Å². The molecule has 0 unspecified atom stereocenters. The molecule has 0 fully saturated rings. The molecule has 0 aromatic carbocycles. The maximum atomic E-state index is 5.83. The van der Waals surface area contributed by atoms with Crippen LogP contribution in [-0.4, -0.2) is 29.9 Å². The van der Waals surface area contributed by atoms with E-state index in [9.17, 15) is 0 Å². The van der Waals surface area contributed by atoms with Gasteiger partial charge in [0.05, 0.1) is 18.1 Å². The van der Waals surface area contributed by atoms with E-state index in [-0.39, 0.29) is 0 Å². The lowest BCUT2D eigenvalue weighted by Gasteiger charge is -2.06. The van der Waals surface area contributed by atoms with E-state index in [1.54, 1.807) is 35.4 Å². The van der Waals surface area contributed by atoms with Crippen LogP contribution in [0.2, 0.25) is 5.15 Å². The summed E-state index contributed by atoms with van der Waals surface area (Å²) in [6, 6.07) is 5.31. The molecule has 7 nitrogen and oxygen atoms in total. The van der Waals surface area contributed by atoms with Gasteiger partial charge in [0, 0.05) is 24.9 Å². The third-order valence-electron chi connectivity index (χ3n) is 2.64. The predicted molar refractivity (Wildman–Crippen MR) is 74.6 cm³/mol. The summed E-state index contributed by atoms with van der Waals surface area (Å²) in [6.07, 6.45) is 4.95. The summed E-state index contributed by atoms with van der Waals surface area (Å²) in [7, 11) is 1.83. The topological polar surface area (TPSA) is 81.4 Å². The third-order valence-corrected chi connectivity index (χ3v) is 2.82. The van der Waals surface area contributed by atoms with Gasteiger partial charge in [0.1, 0.15) is 5.82 Å². The molecule has 0 aliphatic rings. The molecule has 0 amide bonds. The number of nitrogens with one attached hydrogen (secondary N) is 1. The van der Waals surface area contributed by atoms with Gasteiger partial charge in [-0.25, -0.2) is 9.97 Å². The summed E-state index contributed by atoms with van der Waals surface area (Å²) in [5.74, 6) is 1.27. The van der Waals surface area contributed by atoms with E-state index >= 15 is 0 Å². The zero-order chi connectivity index (χ0) is 13.9. The molecule has 3 aromatic rings. The highest BCUT2D eigenvalue weighted by molar-refractivity contribution is 6.29. The van der Waals surface area contributed by atoms with E-state index in [1.165, 1.54) is 0 Å². The molecule has 0 saturated carbocycles. The molecule has 0 saturated heterocycles. The van der Waals surface area contributed by atoms with Gasteiger partial charge in [-0.15, -0.1) is 5.10 Å². The highest BCUT2D eigenvalue weighted by Gasteiger charge is 2.06. The summed E-state index contributed by atoms with van der Waals surface area (Å²) in [5.41, 5.74) is 1.49. The van der Waals surface area contributed by atoms with Crippen molar-refractivity contribution in [2.75, 3.05) is 5.32 Å². The Morgan fingerprint density at radius 1 is 1.25 bits per heavy atom. The molecule has 1 N–H and O–H groups in total. The Bertz CT molecular complexity index is 740. The molecule has 0 radical (unpaired) electrons. The molecule has 0 bridgehead atoms. The number of aryl methyl sites for hydroxylation is 1. The Kier molecular flexibility index (Phi) is 3.26. The molecule has 0 aliphatic heterocycles. The molecule has 3 aromatic heterocycles. The highest BCUT2D eigenvalue weighted by Crippen LogP contribution is 2.19. The number of anilines is 2. The number of halogens is 1. The Labute approximate surface area is 119 Å². The monoisotopic (exact) mass is 287 g/mol. The molecule has 0 spiro atoms. The van der Waals surface area contributed by atoms with E-state index in [1.807, 2.05) is 13.1 Å². The van der Waals surface area contributed by atoms with E-state index in [2.05, 4.69) is 30.6 Å². The minimum Gasteiger partial charge on any atom is -0.309 e. The van der Waals surface area contributed by atoms with E-state index in [0.717, 1.165) is 11.4 Å². The van der Waals surface area contributed by atoms with Gasteiger partial charge in [-0.3, -0.25) is 4.68 Å².